The first-order chi connectivity index (χ1) is 7.25. The van der Waals surface area contributed by atoms with Crippen molar-refractivity contribution >= 4 is 15.9 Å². The summed E-state index contributed by atoms with van der Waals surface area (Å²) < 4.78 is 6.24. The van der Waals surface area contributed by atoms with Crippen molar-refractivity contribution < 1.29 is 9.84 Å². The van der Waals surface area contributed by atoms with Gasteiger partial charge in [0.15, 0.2) is 0 Å². The Labute approximate surface area is 98.4 Å². The highest BCUT2D eigenvalue weighted by atomic mass is 79.9. The highest BCUT2D eigenvalue weighted by Crippen LogP contribution is 2.27. The lowest BCUT2D eigenvalue weighted by Gasteiger charge is -2.22. The summed E-state index contributed by atoms with van der Waals surface area (Å²) in [4.78, 5) is 0. The molecule has 15 heavy (non-hydrogen) atoms. The van der Waals surface area contributed by atoms with Gasteiger partial charge in [-0.1, -0.05) is 22.0 Å². The molecule has 1 aliphatic heterocycles. The SMILES string of the molecule is Oc1cc(Br)ccc1CC1CCOCC1. The molecular weight excluding hydrogens is 256 g/mol. The van der Waals surface area contributed by atoms with Crippen LogP contribution in [0.1, 0.15) is 18.4 Å². The van der Waals surface area contributed by atoms with Gasteiger partial charge in [0.1, 0.15) is 5.75 Å². The minimum Gasteiger partial charge on any atom is -0.508 e. The van der Waals surface area contributed by atoms with Gasteiger partial charge in [0, 0.05) is 17.7 Å². The van der Waals surface area contributed by atoms with Crippen LogP contribution in [0.3, 0.4) is 0 Å². The van der Waals surface area contributed by atoms with Gasteiger partial charge in [-0.2, -0.15) is 0 Å². The van der Waals surface area contributed by atoms with E-state index in [0.717, 1.165) is 42.5 Å². The van der Waals surface area contributed by atoms with E-state index in [9.17, 15) is 5.11 Å². The molecular formula is C12H15BrO2. The Hall–Kier alpha value is -0.540. The summed E-state index contributed by atoms with van der Waals surface area (Å²) in [7, 11) is 0. The number of hydrogen-bond donors (Lipinski definition) is 1. The molecule has 0 radical (unpaired) electrons. The van der Waals surface area contributed by atoms with Gasteiger partial charge in [-0.05, 0) is 42.9 Å². The molecule has 82 valence electrons. The maximum Gasteiger partial charge on any atom is 0.119 e. The molecule has 0 unspecified atom stereocenters. The zero-order valence-electron chi connectivity index (χ0n) is 8.58. The number of ether oxygens (including phenoxy) is 1. The van der Waals surface area contributed by atoms with Crippen molar-refractivity contribution in [2.75, 3.05) is 13.2 Å². The molecule has 1 fully saturated rings. The number of phenols is 1. The topological polar surface area (TPSA) is 29.5 Å². The number of halogens is 1. The Morgan fingerprint density at radius 2 is 2.07 bits per heavy atom. The number of hydrogen-bond acceptors (Lipinski definition) is 2. The molecule has 1 N–H and O–H groups in total. The van der Waals surface area contributed by atoms with Crippen molar-refractivity contribution in [1.29, 1.82) is 0 Å². The summed E-state index contributed by atoms with van der Waals surface area (Å²) in [5.74, 6) is 1.06. The molecule has 0 saturated carbocycles. The first-order valence-electron chi connectivity index (χ1n) is 5.31. The number of benzene rings is 1. The van der Waals surface area contributed by atoms with Gasteiger partial charge >= 0.3 is 0 Å². The number of aromatic hydroxyl groups is 1. The van der Waals surface area contributed by atoms with E-state index in [2.05, 4.69) is 15.9 Å². The van der Waals surface area contributed by atoms with E-state index >= 15 is 0 Å². The van der Waals surface area contributed by atoms with Crippen molar-refractivity contribution in [3.05, 3.63) is 28.2 Å². The summed E-state index contributed by atoms with van der Waals surface area (Å²) in [6.45, 7) is 1.73. The summed E-state index contributed by atoms with van der Waals surface area (Å²) >= 11 is 3.34. The van der Waals surface area contributed by atoms with Crippen molar-refractivity contribution in [1.82, 2.24) is 0 Å². The van der Waals surface area contributed by atoms with Gasteiger partial charge in [-0.25, -0.2) is 0 Å². The molecule has 1 heterocycles. The van der Waals surface area contributed by atoms with Crippen LogP contribution < -0.4 is 0 Å². The van der Waals surface area contributed by atoms with Crippen molar-refractivity contribution in [3.63, 3.8) is 0 Å². The first kappa shape index (κ1) is 11.0. The maximum absolute atomic E-state index is 9.76. The fourth-order valence-electron chi connectivity index (χ4n) is 1.97. The van der Waals surface area contributed by atoms with Gasteiger partial charge in [0.05, 0.1) is 0 Å². The summed E-state index contributed by atoms with van der Waals surface area (Å²) in [5.41, 5.74) is 1.05. The molecule has 0 bridgehead atoms. The second-order valence-corrected chi connectivity index (χ2v) is 4.95. The second kappa shape index (κ2) is 4.99. The quantitative estimate of drug-likeness (QED) is 0.895. The maximum atomic E-state index is 9.76. The van der Waals surface area contributed by atoms with E-state index in [0.29, 0.717) is 11.7 Å². The Morgan fingerprint density at radius 1 is 1.33 bits per heavy atom. The van der Waals surface area contributed by atoms with Crippen LogP contribution in [0.25, 0.3) is 0 Å². The van der Waals surface area contributed by atoms with Gasteiger partial charge in [0.25, 0.3) is 0 Å². The molecule has 1 aliphatic rings. The molecule has 0 amide bonds. The molecule has 0 spiro atoms. The third kappa shape index (κ3) is 2.95. The largest absolute Gasteiger partial charge is 0.508 e. The van der Waals surface area contributed by atoms with Crippen molar-refractivity contribution in [2.24, 2.45) is 5.92 Å². The van der Waals surface area contributed by atoms with Crippen molar-refractivity contribution in [2.45, 2.75) is 19.3 Å². The van der Waals surface area contributed by atoms with E-state index in [1.807, 2.05) is 12.1 Å². The van der Waals surface area contributed by atoms with Gasteiger partial charge in [-0.15, -0.1) is 0 Å². The van der Waals surface area contributed by atoms with E-state index in [1.54, 1.807) is 6.07 Å². The van der Waals surface area contributed by atoms with E-state index in [1.165, 1.54) is 0 Å². The Kier molecular flexibility index (Phi) is 3.65. The lowest BCUT2D eigenvalue weighted by Crippen LogP contribution is -2.17. The zero-order chi connectivity index (χ0) is 10.7. The van der Waals surface area contributed by atoms with E-state index < -0.39 is 0 Å². The van der Waals surface area contributed by atoms with Crippen LogP contribution in [0.5, 0.6) is 5.75 Å². The van der Waals surface area contributed by atoms with Crippen LogP contribution in [0.15, 0.2) is 22.7 Å². The molecule has 0 atom stereocenters. The lowest BCUT2D eigenvalue weighted by molar-refractivity contribution is 0.0663. The Morgan fingerprint density at radius 3 is 2.73 bits per heavy atom. The fraction of sp³-hybridized carbons (Fsp3) is 0.500. The molecule has 0 aliphatic carbocycles. The fourth-order valence-corrected chi connectivity index (χ4v) is 2.32. The smallest absolute Gasteiger partial charge is 0.119 e. The normalized spacial score (nSPS) is 17.9. The van der Waals surface area contributed by atoms with Crippen LogP contribution in [-0.4, -0.2) is 18.3 Å². The Balaban J connectivity index is 2.03. The molecule has 1 aromatic carbocycles. The third-order valence-corrected chi connectivity index (χ3v) is 3.39. The predicted molar refractivity (Wildman–Crippen MR) is 63.1 cm³/mol. The van der Waals surface area contributed by atoms with Crippen LogP contribution in [0, 0.1) is 5.92 Å². The monoisotopic (exact) mass is 270 g/mol. The molecule has 2 rings (SSSR count). The third-order valence-electron chi connectivity index (χ3n) is 2.90. The van der Waals surface area contributed by atoms with E-state index in [-0.39, 0.29) is 0 Å². The summed E-state index contributed by atoms with van der Waals surface area (Å²) in [6, 6.07) is 5.73. The Bertz CT molecular complexity index is 332. The molecule has 0 aromatic heterocycles. The minimum absolute atomic E-state index is 0.399. The highest BCUT2D eigenvalue weighted by molar-refractivity contribution is 9.10. The standard InChI is InChI=1S/C12H15BrO2/c13-11-2-1-10(12(14)8-11)7-9-3-5-15-6-4-9/h1-2,8-9,14H,3-7H2. The van der Waals surface area contributed by atoms with Gasteiger partial charge < -0.3 is 9.84 Å². The van der Waals surface area contributed by atoms with Crippen LogP contribution >= 0.6 is 15.9 Å². The van der Waals surface area contributed by atoms with Gasteiger partial charge in [0.2, 0.25) is 0 Å². The second-order valence-electron chi connectivity index (χ2n) is 4.03. The highest BCUT2D eigenvalue weighted by Gasteiger charge is 2.15. The number of phenolic OH excluding ortho intramolecular Hbond substituents is 1. The van der Waals surface area contributed by atoms with Crippen LogP contribution in [0.4, 0.5) is 0 Å². The van der Waals surface area contributed by atoms with Gasteiger partial charge in [-0.3, -0.25) is 0 Å². The molecule has 2 nitrogen and oxygen atoms in total. The minimum atomic E-state index is 0.399. The number of rotatable bonds is 2. The average Bonchev–Trinajstić information content (AvgIpc) is 2.24. The first-order valence-corrected chi connectivity index (χ1v) is 6.10. The predicted octanol–water partition coefficient (Wildman–Crippen LogP) is 3.12. The van der Waals surface area contributed by atoms with E-state index in [4.69, 9.17) is 4.74 Å². The summed E-state index contributed by atoms with van der Waals surface area (Å²) in [6.07, 6.45) is 3.17. The molecule has 3 heteroatoms. The lowest BCUT2D eigenvalue weighted by atomic mass is 9.92. The summed E-state index contributed by atoms with van der Waals surface area (Å²) in [5, 5.41) is 9.76. The average molecular weight is 271 g/mol. The molecule has 1 saturated heterocycles. The van der Waals surface area contributed by atoms with Crippen LogP contribution in [-0.2, 0) is 11.2 Å². The molecule has 1 aromatic rings. The van der Waals surface area contributed by atoms with Crippen LogP contribution in [0.2, 0.25) is 0 Å². The van der Waals surface area contributed by atoms with Crippen molar-refractivity contribution in [3.8, 4) is 5.75 Å². The zero-order valence-corrected chi connectivity index (χ0v) is 10.2.